The number of nitrogens with zero attached hydrogens (tertiary/aromatic N) is 4. The second-order valence-corrected chi connectivity index (χ2v) is 16.3. The molecule has 1 aromatic carbocycles. The van der Waals surface area contributed by atoms with E-state index in [1.165, 1.54) is 0 Å². The number of nitrogens with one attached hydrogen (secondary N) is 2. The van der Waals surface area contributed by atoms with Crippen molar-refractivity contribution in [1.82, 2.24) is 29.6 Å². The molecule has 222 valence electrons. The highest BCUT2D eigenvalue weighted by Crippen LogP contribution is 2.36. The number of sulfonamides is 1. The lowest BCUT2D eigenvalue weighted by atomic mass is 9.97. The Morgan fingerprint density at radius 1 is 1.02 bits per heavy atom. The van der Waals surface area contributed by atoms with Crippen LogP contribution in [0.25, 0.3) is 10.9 Å². The Kier molecular flexibility index (Phi) is 8.59. The maximum atomic E-state index is 13.3. The fraction of sp³-hybridized carbons (Fsp3) is 0.704. The topological polar surface area (TPSA) is 134 Å². The predicted molar refractivity (Wildman–Crippen MR) is 155 cm³/mol. The van der Waals surface area contributed by atoms with Crippen LogP contribution in [0.4, 0.5) is 0 Å². The molecule has 2 N–H and O–H groups in total. The van der Waals surface area contributed by atoms with Gasteiger partial charge in [0.25, 0.3) is 5.91 Å². The van der Waals surface area contributed by atoms with E-state index in [0.29, 0.717) is 30.7 Å². The highest BCUT2D eigenvalue weighted by molar-refractivity contribution is 8.06. The molecule has 3 aliphatic heterocycles. The molecule has 0 saturated carbocycles. The zero-order valence-corrected chi connectivity index (χ0v) is 25.3. The van der Waals surface area contributed by atoms with Gasteiger partial charge in [-0.3, -0.25) is 14.4 Å². The van der Waals surface area contributed by atoms with Gasteiger partial charge in [-0.15, -0.1) is 0 Å². The van der Waals surface area contributed by atoms with E-state index in [0.717, 1.165) is 68.9 Å². The maximum Gasteiger partial charge on any atom is 0.272 e. The molecule has 1 aromatic heterocycles. The number of carbonyl (C=O) groups excluding carboxylic acids is 1. The van der Waals surface area contributed by atoms with Crippen molar-refractivity contribution >= 4 is 36.7 Å². The van der Waals surface area contributed by atoms with Gasteiger partial charge in [-0.2, -0.15) is 5.10 Å². The van der Waals surface area contributed by atoms with Crippen molar-refractivity contribution in [2.24, 2.45) is 0 Å². The number of sulfone groups is 1. The number of para-hydroxylation sites is 1. The Balaban J connectivity index is 1.14. The van der Waals surface area contributed by atoms with Crippen molar-refractivity contribution in [2.75, 3.05) is 37.5 Å². The molecule has 4 heterocycles. The third kappa shape index (κ3) is 6.87. The molecule has 3 saturated heterocycles. The summed E-state index contributed by atoms with van der Waals surface area (Å²) in [6.07, 6.45) is 6.59. The Bertz CT molecular complexity index is 1430. The Labute approximate surface area is 237 Å². The molecule has 13 heteroatoms. The Hall–Kier alpha value is -2.06. The second kappa shape index (κ2) is 11.7. The molecule has 1 amide bonds. The zero-order chi connectivity index (χ0) is 28.7. The van der Waals surface area contributed by atoms with Crippen molar-refractivity contribution in [3.8, 4) is 0 Å². The lowest BCUT2D eigenvalue weighted by molar-refractivity contribution is 0.0785. The standard InChI is InChI=1S/C27H42N6O5S2/c1-19(2)33-25-9-5-4-8-24(25)26(29-33)27(34)28-21-15-22-10-11-23(16-21)32(22)14-13-31-12-6-7-20(17-31)30-40(37,38)18-39(3,35)36/h4-5,8-9,19-23,30H,6-7,10-18H2,1-3H3,(H,28,34)/t20-,21?,22-,23+/m0/s1. The number of hydrogen-bond donors (Lipinski definition) is 2. The van der Waals surface area contributed by atoms with Crippen molar-refractivity contribution in [3.63, 3.8) is 0 Å². The van der Waals surface area contributed by atoms with Crippen LogP contribution in [-0.4, -0.2) is 104 Å². The zero-order valence-electron chi connectivity index (χ0n) is 23.6. The summed E-state index contributed by atoms with van der Waals surface area (Å²) in [5, 5.41) is 7.96. The number of amides is 1. The van der Waals surface area contributed by atoms with Crippen molar-refractivity contribution < 1.29 is 21.6 Å². The van der Waals surface area contributed by atoms with Crippen LogP contribution in [0, 0.1) is 0 Å². The van der Waals surface area contributed by atoms with Crippen LogP contribution in [0.2, 0.25) is 0 Å². The smallest absolute Gasteiger partial charge is 0.272 e. The maximum absolute atomic E-state index is 13.3. The highest BCUT2D eigenvalue weighted by atomic mass is 32.3. The lowest BCUT2D eigenvalue weighted by Crippen LogP contribution is -2.54. The van der Waals surface area contributed by atoms with Gasteiger partial charge >= 0.3 is 0 Å². The molecule has 2 bridgehead atoms. The third-order valence-corrected chi connectivity index (χ3v) is 12.1. The third-order valence-electron chi connectivity index (χ3n) is 8.43. The van der Waals surface area contributed by atoms with Crippen LogP contribution in [0.1, 0.15) is 68.9 Å². The molecule has 0 aliphatic carbocycles. The second-order valence-electron chi connectivity index (χ2n) is 12.1. The molecule has 5 rings (SSSR count). The summed E-state index contributed by atoms with van der Waals surface area (Å²) in [5.41, 5.74) is 1.46. The number of carbonyl (C=O) groups is 1. The summed E-state index contributed by atoms with van der Waals surface area (Å²) in [5.74, 6) is -0.105. The van der Waals surface area contributed by atoms with Gasteiger partial charge in [0.2, 0.25) is 10.0 Å². The molecule has 11 nitrogen and oxygen atoms in total. The van der Waals surface area contributed by atoms with Gasteiger partial charge in [0.1, 0.15) is 0 Å². The van der Waals surface area contributed by atoms with Crippen LogP contribution >= 0.6 is 0 Å². The first kappa shape index (κ1) is 29.4. The average molecular weight is 595 g/mol. The van der Waals surface area contributed by atoms with E-state index in [1.54, 1.807) is 0 Å². The Morgan fingerprint density at radius 3 is 2.40 bits per heavy atom. The van der Waals surface area contributed by atoms with Gasteiger partial charge in [0.05, 0.1) is 5.52 Å². The summed E-state index contributed by atoms with van der Waals surface area (Å²) >= 11 is 0. The summed E-state index contributed by atoms with van der Waals surface area (Å²) < 4.78 is 52.0. The van der Waals surface area contributed by atoms with Crippen LogP contribution in [0.3, 0.4) is 0 Å². The average Bonchev–Trinajstić information content (AvgIpc) is 3.36. The van der Waals surface area contributed by atoms with Crippen molar-refractivity contribution in [3.05, 3.63) is 30.0 Å². The number of hydrogen-bond acceptors (Lipinski definition) is 8. The summed E-state index contributed by atoms with van der Waals surface area (Å²) in [7, 11) is -7.49. The molecule has 40 heavy (non-hydrogen) atoms. The van der Waals surface area contributed by atoms with Gasteiger partial charge in [-0.05, 0) is 65.0 Å². The molecule has 3 aliphatic rings. The lowest BCUT2D eigenvalue weighted by Gasteiger charge is -2.41. The van der Waals surface area contributed by atoms with Crippen LogP contribution in [0.15, 0.2) is 24.3 Å². The number of benzene rings is 1. The monoisotopic (exact) mass is 594 g/mol. The largest absolute Gasteiger partial charge is 0.348 e. The van der Waals surface area contributed by atoms with Crippen LogP contribution in [-0.2, 0) is 19.9 Å². The number of fused-ring (bicyclic) bond motifs is 3. The van der Waals surface area contributed by atoms with Crippen molar-refractivity contribution in [1.29, 1.82) is 0 Å². The quantitative estimate of drug-likeness (QED) is 0.425. The summed E-state index contributed by atoms with van der Waals surface area (Å²) in [6.45, 7) is 7.37. The van der Waals surface area contributed by atoms with Crippen LogP contribution in [0.5, 0.6) is 0 Å². The van der Waals surface area contributed by atoms with Gasteiger partial charge in [-0.1, -0.05) is 18.2 Å². The molecule has 1 unspecified atom stereocenters. The number of aromatic nitrogens is 2. The summed E-state index contributed by atoms with van der Waals surface area (Å²) in [4.78, 5) is 18.2. The first-order valence-corrected chi connectivity index (χ1v) is 18.0. The normalized spacial score (nSPS) is 26.5. The fourth-order valence-corrected chi connectivity index (χ4v) is 10.1. The van der Waals surface area contributed by atoms with E-state index in [9.17, 15) is 21.6 Å². The van der Waals surface area contributed by atoms with E-state index in [2.05, 4.69) is 38.8 Å². The number of piperidine rings is 2. The van der Waals surface area contributed by atoms with Gasteiger partial charge in [0, 0.05) is 61.5 Å². The van der Waals surface area contributed by atoms with Gasteiger partial charge < -0.3 is 10.2 Å². The molecule has 3 fully saturated rings. The molecular formula is C27H42N6O5S2. The van der Waals surface area contributed by atoms with E-state index in [1.807, 2.05) is 28.9 Å². The minimum atomic E-state index is -3.87. The molecule has 4 atom stereocenters. The molecule has 2 aromatic rings. The molecule has 0 radical (unpaired) electrons. The van der Waals surface area contributed by atoms with E-state index in [-0.39, 0.29) is 24.0 Å². The minimum absolute atomic E-state index is 0.105. The number of likely N-dealkylation sites (tertiary alicyclic amines) is 1. The number of rotatable bonds is 10. The molecule has 0 spiro atoms. The van der Waals surface area contributed by atoms with Gasteiger partial charge in [0.15, 0.2) is 20.6 Å². The minimum Gasteiger partial charge on any atom is -0.348 e. The molecular weight excluding hydrogens is 552 g/mol. The van der Waals surface area contributed by atoms with E-state index in [4.69, 9.17) is 0 Å². The summed E-state index contributed by atoms with van der Waals surface area (Å²) in [6, 6.07) is 8.73. The first-order chi connectivity index (χ1) is 18.9. The predicted octanol–water partition coefficient (Wildman–Crippen LogP) is 1.73. The van der Waals surface area contributed by atoms with Crippen molar-refractivity contribution in [2.45, 2.75) is 82.6 Å². The highest BCUT2D eigenvalue weighted by Gasteiger charge is 2.41. The fourth-order valence-electron chi connectivity index (χ4n) is 6.84. The SMILES string of the molecule is CC(C)n1nc(C(=O)NC2C[C@H]3CC[C@@H](C2)N3CCN2CCC[C@H](NS(=O)(=O)CS(C)(=O)=O)C2)c2ccccc21. The van der Waals surface area contributed by atoms with Crippen LogP contribution < -0.4 is 10.0 Å². The first-order valence-electron chi connectivity index (χ1n) is 14.3. The van der Waals surface area contributed by atoms with E-state index >= 15 is 0 Å². The Morgan fingerprint density at radius 2 is 1.73 bits per heavy atom. The van der Waals surface area contributed by atoms with Gasteiger partial charge in [-0.25, -0.2) is 21.6 Å². The van der Waals surface area contributed by atoms with E-state index < -0.39 is 24.9 Å².